The molecule has 17 rings (SSSR count). The molecule has 0 fully saturated rings. The Morgan fingerprint density at radius 3 is 1.22 bits per heavy atom. The molecule has 420 valence electrons. The topological polar surface area (TPSA) is 53.5 Å². The highest BCUT2D eigenvalue weighted by Gasteiger charge is 2.39. The molecular formula is C82H56N6S. The van der Waals surface area contributed by atoms with Gasteiger partial charge in [0.05, 0.1) is 38.5 Å². The first-order valence-corrected chi connectivity index (χ1v) is 31.9. The van der Waals surface area contributed by atoms with Crippen LogP contribution >= 0.6 is 10.0 Å². The van der Waals surface area contributed by atoms with Crippen LogP contribution in [0.25, 0.3) is 94.4 Å². The number of nitrogens with zero attached hydrogens (tertiary/aromatic N) is 6. The van der Waals surface area contributed by atoms with E-state index in [9.17, 15) is 0 Å². The Morgan fingerprint density at radius 2 is 0.674 bits per heavy atom. The first kappa shape index (κ1) is 52.0. The number of para-hydroxylation sites is 4. The SMILES string of the molecule is c1ccc(-n2c3ccccc3c3c2ccc2c4ccccc4n(-c4nc(-c5cccc(C(c6ccccc6)(c6ccccc6)c6ccccc6)c5)nc(-n5c6ccccc6c6ccc(S(c7ccccc7)(c7ccccc7)c7ccccc7)cc65)n4)c23)cc1. The van der Waals surface area contributed by atoms with Crippen LogP contribution in [0.15, 0.2) is 359 Å². The van der Waals surface area contributed by atoms with Gasteiger partial charge in [0, 0.05) is 63.2 Å². The highest BCUT2D eigenvalue weighted by Crippen LogP contribution is 2.73. The lowest BCUT2D eigenvalue weighted by atomic mass is 9.65. The maximum absolute atomic E-state index is 5.88. The highest BCUT2D eigenvalue weighted by molar-refractivity contribution is 8.34. The third-order valence-corrected chi connectivity index (χ3v) is 21.9. The standard InChI is InChI=1S/C82H56N6S/c1-8-30-58(31-9-1)82(59-32-10-2-11-33-59,60-34-12-3-13-35-60)61-36-28-29-57(55-61)79-83-80(85-81(84-79)88-73-49-26-23-46-68(73)70-53-54-75-77(78(70)88)71-47-24-27-50-74(71)86(75)62-37-14-4-15-38-62)87-72-48-25-22-45-67(72)69-52-51-66(56-76(69)87)89(63-39-16-5-17-40-63,64-41-18-6-19-42-64)65-43-20-7-21-44-65/h1-56H. The van der Waals surface area contributed by atoms with Crippen molar-refractivity contribution in [3.63, 3.8) is 0 Å². The van der Waals surface area contributed by atoms with Crippen LogP contribution in [-0.4, -0.2) is 28.7 Å². The van der Waals surface area contributed by atoms with Crippen molar-refractivity contribution in [3.05, 3.63) is 362 Å². The molecule has 4 aromatic heterocycles. The summed E-state index contributed by atoms with van der Waals surface area (Å²) in [5.41, 5.74) is 12.0. The number of benzene rings is 13. The average molecular weight is 1160 g/mol. The molecule has 13 aromatic carbocycles. The maximum Gasteiger partial charge on any atom is 0.240 e. The predicted molar refractivity (Wildman–Crippen MR) is 367 cm³/mol. The summed E-state index contributed by atoms with van der Waals surface area (Å²) in [6.45, 7) is 0. The number of rotatable bonds is 12. The molecule has 89 heavy (non-hydrogen) atoms. The summed E-state index contributed by atoms with van der Waals surface area (Å²) >= 11 is 0. The molecule has 17 aromatic rings. The van der Waals surface area contributed by atoms with Gasteiger partial charge in [0.2, 0.25) is 11.9 Å². The van der Waals surface area contributed by atoms with Crippen LogP contribution in [0.1, 0.15) is 22.3 Å². The van der Waals surface area contributed by atoms with E-state index in [1.165, 1.54) is 19.6 Å². The zero-order chi connectivity index (χ0) is 58.9. The Hall–Kier alpha value is -11.4. The van der Waals surface area contributed by atoms with Crippen LogP contribution in [0.5, 0.6) is 0 Å². The molecule has 0 bridgehead atoms. The third kappa shape index (κ3) is 8.09. The van der Waals surface area contributed by atoms with Crippen LogP contribution in [-0.2, 0) is 5.41 Å². The Labute approximate surface area is 516 Å². The third-order valence-electron chi connectivity index (χ3n) is 18.0. The largest absolute Gasteiger partial charge is 0.309 e. The fraction of sp³-hybridized carbons (Fsp3) is 0.0122. The molecule has 0 aliphatic carbocycles. The average Bonchev–Trinajstić information content (AvgIpc) is 1.65. The van der Waals surface area contributed by atoms with Crippen molar-refractivity contribution >= 4 is 75.4 Å². The number of hydrogen-bond donors (Lipinski definition) is 0. The minimum Gasteiger partial charge on any atom is -0.309 e. The minimum absolute atomic E-state index is 0.503. The van der Waals surface area contributed by atoms with E-state index in [-0.39, 0.29) is 0 Å². The highest BCUT2D eigenvalue weighted by atomic mass is 32.3. The predicted octanol–water partition coefficient (Wildman–Crippen LogP) is 20.6. The van der Waals surface area contributed by atoms with Gasteiger partial charge >= 0.3 is 0 Å². The van der Waals surface area contributed by atoms with Gasteiger partial charge in [-0.25, -0.2) is 0 Å². The lowest BCUT2D eigenvalue weighted by Crippen LogP contribution is -2.31. The van der Waals surface area contributed by atoms with Crippen molar-refractivity contribution in [2.24, 2.45) is 0 Å². The molecule has 4 heterocycles. The van der Waals surface area contributed by atoms with Crippen molar-refractivity contribution < 1.29 is 0 Å². The van der Waals surface area contributed by atoms with E-state index in [1.54, 1.807) is 0 Å². The quantitative estimate of drug-likeness (QED) is 0.115. The lowest BCUT2D eigenvalue weighted by molar-refractivity contribution is 0.745. The molecule has 0 aliphatic rings. The van der Waals surface area contributed by atoms with Gasteiger partial charge in [0.1, 0.15) is 0 Å². The summed E-state index contributed by atoms with van der Waals surface area (Å²) < 4.78 is 6.99. The molecule has 0 amide bonds. The monoisotopic (exact) mass is 1160 g/mol. The van der Waals surface area contributed by atoms with Crippen molar-refractivity contribution in [1.29, 1.82) is 0 Å². The second-order valence-electron chi connectivity index (χ2n) is 22.7. The fourth-order valence-electron chi connectivity index (χ4n) is 14.3. The molecule has 0 unspecified atom stereocenters. The van der Waals surface area contributed by atoms with Gasteiger partial charge in [0.25, 0.3) is 0 Å². The Morgan fingerprint density at radius 1 is 0.258 bits per heavy atom. The smallest absolute Gasteiger partial charge is 0.240 e. The second-order valence-corrected chi connectivity index (χ2v) is 25.8. The van der Waals surface area contributed by atoms with Crippen LogP contribution in [0.3, 0.4) is 0 Å². The van der Waals surface area contributed by atoms with Gasteiger partial charge in [-0.2, -0.15) is 15.0 Å². The van der Waals surface area contributed by atoms with Crippen molar-refractivity contribution in [2.75, 3.05) is 0 Å². The molecule has 0 saturated heterocycles. The molecule has 6 nitrogen and oxygen atoms in total. The van der Waals surface area contributed by atoms with Gasteiger partial charge in [-0.1, -0.05) is 249 Å². The lowest BCUT2D eigenvalue weighted by Gasteiger charge is -2.42. The molecule has 0 atom stereocenters. The van der Waals surface area contributed by atoms with Crippen LogP contribution in [0, 0.1) is 0 Å². The summed E-state index contributed by atoms with van der Waals surface area (Å²) in [4.78, 5) is 22.4. The first-order chi connectivity index (χ1) is 44.2. The van der Waals surface area contributed by atoms with E-state index in [4.69, 9.17) is 15.0 Å². The van der Waals surface area contributed by atoms with Crippen LogP contribution in [0.2, 0.25) is 0 Å². The number of hydrogen-bond acceptors (Lipinski definition) is 3. The van der Waals surface area contributed by atoms with Crippen molar-refractivity contribution in [2.45, 2.75) is 25.0 Å². The van der Waals surface area contributed by atoms with E-state index < -0.39 is 15.4 Å². The molecule has 0 N–H and O–H groups in total. The molecule has 0 aliphatic heterocycles. The van der Waals surface area contributed by atoms with Crippen molar-refractivity contribution in [1.82, 2.24) is 28.7 Å². The first-order valence-electron chi connectivity index (χ1n) is 30.2. The molecule has 0 saturated carbocycles. The van der Waals surface area contributed by atoms with Crippen LogP contribution < -0.4 is 0 Å². The van der Waals surface area contributed by atoms with Crippen molar-refractivity contribution in [3.8, 4) is 29.0 Å². The van der Waals surface area contributed by atoms with Gasteiger partial charge in [0.15, 0.2) is 5.82 Å². The molecule has 0 spiro atoms. The Balaban J connectivity index is 1.00. The summed E-state index contributed by atoms with van der Waals surface area (Å²) in [7, 11) is -2.10. The van der Waals surface area contributed by atoms with E-state index in [1.807, 2.05) is 0 Å². The summed E-state index contributed by atoms with van der Waals surface area (Å²) in [5.74, 6) is 1.55. The molecule has 0 radical (unpaired) electrons. The Kier molecular flexibility index (Phi) is 12.4. The fourth-order valence-corrected chi connectivity index (χ4v) is 18.1. The van der Waals surface area contributed by atoms with E-state index >= 15 is 0 Å². The summed E-state index contributed by atoms with van der Waals surface area (Å²) in [6.07, 6.45) is 0. The van der Waals surface area contributed by atoms with E-state index in [0.29, 0.717) is 17.7 Å². The van der Waals surface area contributed by atoms with Gasteiger partial charge in [-0.3, -0.25) is 9.13 Å². The second kappa shape index (κ2) is 21.2. The van der Waals surface area contributed by atoms with Crippen LogP contribution in [0.4, 0.5) is 0 Å². The normalized spacial score (nSPS) is 12.2. The van der Waals surface area contributed by atoms with Gasteiger partial charge in [-0.05, 0) is 113 Å². The Bertz CT molecular complexity index is 5280. The zero-order valence-electron chi connectivity index (χ0n) is 48.4. The maximum atomic E-state index is 5.88. The minimum atomic E-state index is -2.10. The summed E-state index contributed by atoms with van der Waals surface area (Å²) in [6, 6.07) is 123. The number of aromatic nitrogens is 6. The molecule has 7 heteroatoms. The van der Waals surface area contributed by atoms with E-state index in [0.717, 1.165) is 98.9 Å². The van der Waals surface area contributed by atoms with Gasteiger partial charge < -0.3 is 4.57 Å². The molecular weight excluding hydrogens is 1100 g/mol. The zero-order valence-corrected chi connectivity index (χ0v) is 49.2. The van der Waals surface area contributed by atoms with E-state index in [2.05, 4.69) is 353 Å². The summed E-state index contributed by atoms with van der Waals surface area (Å²) in [5, 5.41) is 6.67. The van der Waals surface area contributed by atoms with Gasteiger partial charge in [-0.15, -0.1) is 10.0 Å². The number of fused-ring (bicyclic) bond motifs is 10.